The van der Waals surface area contributed by atoms with Crippen molar-refractivity contribution in [3.05, 3.63) is 217 Å². The Balaban J connectivity index is 1.00. The molecule has 2 aromatic heterocycles. The lowest BCUT2D eigenvalue weighted by Gasteiger charge is -2.39. The van der Waals surface area contributed by atoms with Crippen LogP contribution in [0.15, 0.2) is 200 Å². The molecule has 11 rings (SSSR count). The van der Waals surface area contributed by atoms with Crippen molar-refractivity contribution in [2.24, 2.45) is 0 Å². The van der Waals surface area contributed by atoms with E-state index in [4.69, 9.17) is 0 Å². The van der Waals surface area contributed by atoms with Crippen molar-refractivity contribution in [1.29, 1.82) is 0 Å². The topological polar surface area (TPSA) is 46.0 Å². The van der Waals surface area contributed by atoms with Gasteiger partial charge in [0, 0.05) is 32.9 Å². The molecule has 2 unspecified atom stereocenters. The maximum absolute atomic E-state index is 3.86. The van der Waals surface area contributed by atoms with Crippen LogP contribution in [0, 0.1) is 0 Å². The number of hydrogen-bond donors (Lipinski definition) is 3. The molecule has 3 N–H and O–H groups in total. The summed E-state index contributed by atoms with van der Waals surface area (Å²) in [6.07, 6.45) is -0.150. The number of aromatic nitrogens is 2. The zero-order valence-electron chi connectivity index (χ0n) is 30.7. The monoisotopic (exact) mass is 721 g/mol. The summed E-state index contributed by atoms with van der Waals surface area (Å²) in [5, 5.41) is 16.5. The predicted molar refractivity (Wildman–Crippen MR) is 231 cm³/mol. The summed E-state index contributed by atoms with van der Waals surface area (Å²) in [5.74, 6) is 0. The van der Waals surface area contributed by atoms with Crippen molar-refractivity contribution in [3.63, 3.8) is 0 Å². The van der Waals surface area contributed by atoms with Gasteiger partial charge in [0.15, 0.2) is 0 Å². The van der Waals surface area contributed by atoms with Crippen molar-refractivity contribution in [2.75, 3.05) is 0 Å². The zero-order chi connectivity index (χ0) is 37.0. The minimum Gasteiger partial charge on any atom is -0.309 e. The SMILES string of the molecule is c1ccc(C2NC(c3ccccc3)NC(c3cccc(-n4c5ccccc5c5cc(-c6ccc7c(c6)c6ccccc6n7-c6ccccc6)ccc54)c3)N2)cc1. The molecule has 5 nitrogen and oxygen atoms in total. The summed E-state index contributed by atoms with van der Waals surface area (Å²) in [5.41, 5.74) is 13.1. The fourth-order valence-electron chi connectivity index (χ4n) is 8.79. The lowest BCUT2D eigenvalue weighted by atomic mass is 10.0. The van der Waals surface area contributed by atoms with Crippen LogP contribution >= 0.6 is 0 Å². The largest absolute Gasteiger partial charge is 0.309 e. The van der Waals surface area contributed by atoms with Gasteiger partial charge in [0.05, 0.1) is 40.6 Å². The molecular weight excluding hydrogens is 683 g/mol. The molecule has 56 heavy (non-hydrogen) atoms. The Kier molecular flexibility index (Phi) is 7.88. The minimum atomic E-state index is -0.0888. The van der Waals surface area contributed by atoms with Gasteiger partial charge in [-0.15, -0.1) is 0 Å². The molecule has 1 fully saturated rings. The highest BCUT2D eigenvalue weighted by molar-refractivity contribution is 6.12. The summed E-state index contributed by atoms with van der Waals surface area (Å²) in [6.45, 7) is 0. The van der Waals surface area contributed by atoms with E-state index in [0.29, 0.717) is 0 Å². The van der Waals surface area contributed by atoms with E-state index in [1.807, 2.05) is 0 Å². The molecule has 1 saturated heterocycles. The second kappa shape index (κ2) is 13.5. The fourth-order valence-corrected chi connectivity index (χ4v) is 8.79. The van der Waals surface area contributed by atoms with Crippen LogP contribution in [-0.2, 0) is 0 Å². The van der Waals surface area contributed by atoms with Crippen molar-refractivity contribution < 1.29 is 0 Å². The lowest BCUT2D eigenvalue weighted by molar-refractivity contribution is 0.203. The Morgan fingerprint density at radius 2 is 0.679 bits per heavy atom. The van der Waals surface area contributed by atoms with Gasteiger partial charge in [-0.05, 0) is 88.5 Å². The Hall–Kier alpha value is -6.76. The molecule has 5 heteroatoms. The van der Waals surface area contributed by atoms with Crippen molar-refractivity contribution in [1.82, 2.24) is 25.1 Å². The zero-order valence-corrected chi connectivity index (χ0v) is 30.7. The van der Waals surface area contributed by atoms with E-state index in [9.17, 15) is 0 Å². The molecule has 1 aliphatic rings. The van der Waals surface area contributed by atoms with Crippen LogP contribution in [0.3, 0.4) is 0 Å². The number of para-hydroxylation sites is 3. The smallest absolute Gasteiger partial charge is 0.0865 e. The van der Waals surface area contributed by atoms with E-state index in [2.05, 4.69) is 225 Å². The summed E-state index contributed by atoms with van der Waals surface area (Å²) < 4.78 is 4.79. The molecule has 0 radical (unpaired) electrons. The molecule has 0 bridgehead atoms. The number of nitrogens with zero attached hydrogens (tertiary/aromatic N) is 2. The van der Waals surface area contributed by atoms with Crippen molar-refractivity contribution in [2.45, 2.75) is 18.5 Å². The molecule has 10 aromatic rings. The molecule has 0 spiro atoms. The van der Waals surface area contributed by atoms with E-state index in [1.165, 1.54) is 77.1 Å². The third-order valence-corrected chi connectivity index (χ3v) is 11.4. The maximum Gasteiger partial charge on any atom is 0.0865 e. The summed E-state index contributed by atoms with van der Waals surface area (Å²) >= 11 is 0. The Morgan fingerprint density at radius 1 is 0.286 bits per heavy atom. The van der Waals surface area contributed by atoms with E-state index in [0.717, 1.165) is 5.69 Å². The third-order valence-electron chi connectivity index (χ3n) is 11.4. The molecule has 0 aliphatic carbocycles. The third kappa shape index (κ3) is 5.52. The van der Waals surface area contributed by atoms with Gasteiger partial charge >= 0.3 is 0 Å². The van der Waals surface area contributed by atoms with E-state index >= 15 is 0 Å². The lowest BCUT2D eigenvalue weighted by Crippen LogP contribution is -2.54. The van der Waals surface area contributed by atoms with E-state index in [-0.39, 0.29) is 18.5 Å². The average molecular weight is 722 g/mol. The van der Waals surface area contributed by atoms with E-state index in [1.54, 1.807) is 0 Å². The first-order chi connectivity index (χ1) is 27.8. The first kappa shape index (κ1) is 32.7. The average Bonchev–Trinajstić information content (AvgIpc) is 3.79. The molecule has 3 heterocycles. The molecular formula is C51H39N5. The molecule has 0 saturated carbocycles. The number of rotatable bonds is 6. The minimum absolute atomic E-state index is 0.0305. The number of fused-ring (bicyclic) bond motifs is 6. The van der Waals surface area contributed by atoms with Crippen LogP contribution in [0.25, 0.3) is 66.1 Å². The first-order valence-corrected chi connectivity index (χ1v) is 19.4. The van der Waals surface area contributed by atoms with Gasteiger partial charge in [-0.2, -0.15) is 0 Å². The first-order valence-electron chi connectivity index (χ1n) is 19.4. The highest BCUT2D eigenvalue weighted by Crippen LogP contribution is 2.39. The van der Waals surface area contributed by atoms with Crippen molar-refractivity contribution in [3.8, 4) is 22.5 Å². The van der Waals surface area contributed by atoms with Crippen molar-refractivity contribution >= 4 is 43.6 Å². The molecule has 268 valence electrons. The maximum atomic E-state index is 3.86. The quantitative estimate of drug-likeness (QED) is 0.160. The Bertz CT molecular complexity index is 2970. The van der Waals surface area contributed by atoms with Gasteiger partial charge < -0.3 is 9.13 Å². The van der Waals surface area contributed by atoms with Crippen LogP contribution < -0.4 is 16.0 Å². The second-order valence-electron chi connectivity index (χ2n) is 14.7. The Morgan fingerprint density at radius 3 is 1.21 bits per heavy atom. The van der Waals surface area contributed by atoms with Crippen LogP contribution in [-0.4, -0.2) is 9.13 Å². The second-order valence-corrected chi connectivity index (χ2v) is 14.7. The number of hydrogen-bond acceptors (Lipinski definition) is 3. The van der Waals surface area contributed by atoms with Crippen LogP contribution in [0.5, 0.6) is 0 Å². The molecule has 8 aromatic carbocycles. The number of nitrogens with one attached hydrogen (secondary N) is 3. The van der Waals surface area contributed by atoms with Crippen LogP contribution in [0.1, 0.15) is 35.2 Å². The van der Waals surface area contributed by atoms with Gasteiger partial charge in [0.2, 0.25) is 0 Å². The van der Waals surface area contributed by atoms with Crippen LogP contribution in [0.2, 0.25) is 0 Å². The van der Waals surface area contributed by atoms with E-state index < -0.39 is 0 Å². The molecule has 1 aliphatic heterocycles. The van der Waals surface area contributed by atoms with Gasteiger partial charge in [-0.3, -0.25) is 16.0 Å². The van der Waals surface area contributed by atoms with Gasteiger partial charge in [0.1, 0.15) is 0 Å². The van der Waals surface area contributed by atoms with Gasteiger partial charge in [-0.1, -0.05) is 140 Å². The van der Waals surface area contributed by atoms with Crippen LogP contribution in [0.4, 0.5) is 0 Å². The standard InChI is InChI=1S/C51H39N5/c1-4-15-34(16-5-1)49-52-50(35-17-6-2-7-18-35)54-51(53-49)38-19-14-22-40(31-38)56-46-26-13-11-24-42(46)44-33-37(28-30-48(44)56)36-27-29-47-43(32-36)41-23-10-12-25-45(41)55(47)39-20-8-3-9-21-39/h1-33,49-54H. The highest BCUT2D eigenvalue weighted by atomic mass is 15.4. The summed E-state index contributed by atoms with van der Waals surface area (Å²) in [4.78, 5) is 0. The fraction of sp³-hybridized carbons (Fsp3) is 0.0588. The Labute approximate surface area is 325 Å². The predicted octanol–water partition coefficient (Wildman–Crippen LogP) is 11.7. The highest BCUT2D eigenvalue weighted by Gasteiger charge is 2.30. The molecule has 0 amide bonds. The van der Waals surface area contributed by atoms with Gasteiger partial charge in [-0.25, -0.2) is 0 Å². The normalized spacial score (nSPS) is 17.2. The summed E-state index contributed by atoms with van der Waals surface area (Å²) in [7, 11) is 0. The number of benzene rings is 8. The van der Waals surface area contributed by atoms with Gasteiger partial charge in [0.25, 0.3) is 0 Å². The summed E-state index contributed by atoms with van der Waals surface area (Å²) in [6, 6.07) is 72.3. The molecule has 2 atom stereocenters.